The molecule has 1 aromatic heterocycles. The maximum atomic E-state index is 6.30. The lowest BCUT2D eigenvalue weighted by atomic mass is 9.90. The first kappa shape index (κ1) is 15.8. The molecule has 1 aromatic rings. The van der Waals surface area contributed by atoms with Gasteiger partial charge < -0.3 is 5.32 Å². The Kier molecular flexibility index (Phi) is 5.50. The molecule has 1 N–H and O–H groups in total. The van der Waals surface area contributed by atoms with Crippen molar-refractivity contribution in [1.82, 2.24) is 15.1 Å². The fourth-order valence-corrected chi connectivity index (χ4v) is 2.75. The van der Waals surface area contributed by atoms with Crippen LogP contribution in [0.2, 0.25) is 5.02 Å². The topological polar surface area (TPSA) is 29.9 Å². The highest BCUT2D eigenvalue weighted by Gasteiger charge is 2.17. The van der Waals surface area contributed by atoms with Gasteiger partial charge in [0.05, 0.1) is 16.4 Å². The minimum atomic E-state index is 0.137. The number of aryl methyl sites for hydroxylation is 2. The van der Waals surface area contributed by atoms with Crippen LogP contribution in [0.1, 0.15) is 38.6 Å². The van der Waals surface area contributed by atoms with Gasteiger partial charge in [0.2, 0.25) is 0 Å². The maximum absolute atomic E-state index is 6.30. The molecule has 1 atom stereocenters. The number of alkyl halides is 1. The molecule has 0 bridgehead atoms. The minimum absolute atomic E-state index is 0.137. The third-order valence-electron chi connectivity index (χ3n) is 2.75. The summed E-state index contributed by atoms with van der Waals surface area (Å²) in [5.41, 5.74) is 2.14. The van der Waals surface area contributed by atoms with E-state index in [2.05, 4.69) is 31.2 Å². The van der Waals surface area contributed by atoms with Crippen LogP contribution in [-0.4, -0.2) is 21.7 Å². The quantitative estimate of drug-likeness (QED) is 0.842. The summed E-state index contributed by atoms with van der Waals surface area (Å²) in [6.07, 6.45) is 0.986. The minimum Gasteiger partial charge on any atom is -0.310 e. The van der Waals surface area contributed by atoms with E-state index in [4.69, 9.17) is 23.2 Å². The van der Waals surface area contributed by atoms with E-state index in [1.54, 1.807) is 0 Å². The average Bonchev–Trinajstić information content (AvgIpc) is 2.41. The zero-order chi connectivity index (χ0) is 13.9. The van der Waals surface area contributed by atoms with E-state index in [0.717, 1.165) is 29.4 Å². The summed E-state index contributed by atoms with van der Waals surface area (Å²) in [6, 6.07) is 0. The summed E-state index contributed by atoms with van der Waals surface area (Å²) in [4.78, 5) is 0. The van der Waals surface area contributed by atoms with E-state index in [1.807, 2.05) is 18.7 Å². The van der Waals surface area contributed by atoms with Gasteiger partial charge in [0, 0.05) is 25.5 Å². The highest BCUT2D eigenvalue weighted by molar-refractivity contribution is 6.31. The molecule has 18 heavy (non-hydrogen) atoms. The fraction of sp³-hybridized carbons (Fsp3) is 0.769. The van der Waals surface area contributed by atoms with Crippen LogP contribution in [0.25, 0.3) is 0 Å². The number of rotatable bonds is 5. The highest BCUT2D eigenvalue weighted by atomic mass is 35.5. The summed E-state index contributed by atoms with van der Waals surface area (Å²) in [7, 11) is 1.91. The van der Waals surface area contributed by atoms with Gasteiger partial charge in [0.15, 0.2) is 0 Å². The molecule has 0 aliphatic rings. The molecule has 1 unspecified atom stereocenters. The van der Waals surface area contributed by atoms with Gasteiger partial charge in [-0.05, 0) is 18.8 Å². The molecule has 5 heteroatoms. The highest BCUT2D eigenvalue weighted by Crippen LogP contribution is 2.23. The van der Waals surface area contributed by atoms with Gasteiger partial charge in [-0.3, -0.25) is 4.68 Å². The Morgan fingerprint density at radius 2 is 2.00 bits per heavy atom. The molecule has 0 spiro atoms. The molecule has 0 aromatic carbocycles. The first-order chi connectivity index (χ1) is 8.20. The van der Waals surface area contributed by atoms with Crippen LogP contribution < -0.4 is 5.32 Å². The second-order valence-corrected chi connectivity index (χ2v) is 6.96. The van der Waals surface area contributed by atoms with Crippen molar-refractivity contribution in [2.24, 2.45) is 12.5 Å². The van der Waals surface area contributed by atoms with Gasteiger partial charge in [0.25, 0.3) is 0 Å². The van der Waals surface area contributed by atoms with Gasteiger partial charge in [0.1, 0.15) is 0 Å². The largest absolute Gasteiger partial charge is 0.310 e. The van der Waals surface area contributed by atoms with Crippen molar-refractivity contribution in [1.29, 1.82) is 0 Å². The monoisotopic (exact) mass is 291 g/mol. The van der Waals surface area contributed by atoms with Crippen molar-refractivity contribution in [2.45, 2.75) is 46.0 Å². The molecule has 3 nitrogen and oxygen atoms in total. The molecule has 0 radical (unpaired) electrons. The van der Waals surface area contributed by atoms with Crippen LogP contribution in [0.3, 0.4) is 0 Å². The van der Waals surface area contributed by atoms with Crippen molar-refractivity contribution < 1.29 is 0 Å². The summed E-state index contributed by atoms with van der Waals surface area (Å²) in [6.45, 7) is 9.98. The van der Waals surface area contributed by atoms with E-state index < -0.39 is 0 Å². The number of hydrogen-bond acceptors (Lipinski definition) is 2. The molecule has 0 aliphatic heterocycles. The van der Waals surface area contributed by atoms with Crippen LogP contribution in [-0.2, 0) is 13.6 Å². The third-order valence-corrected chi connectivity index (χ3v) is 3.55. The lowest BCUT2D eigenvalue weighted by molar-refractivity contribution is 0.364. The summed E-state index contributed by atoms with van der Waals surface area (Å²) < 4.78 is 1.82. The molecule has 0 aliphatic carbocycles. The Morgan fingerprint density at radius 1 is 1.39 bits per heavy atom. The second kappa shape index (κ2) is 6.27. The Balaban J connectivity index is 2.42. The third kappa shape index (κ3) is 4.79. The van der Waals surface area contributed by atoms with Crippen LogP contribution in [0.4, 0.5) is 0 Å². The Morgan fingerprint density at radius 3 is 2.44 bits per heavy atom. The standard InChI is InChI=1S/C13H23Cl2N3/c1-9-12(15)11(18(5)17-9)8-16-7-10(14)6-13(2,3)4/h10,16H,6-8H2,1-5H3. The Bertz CT molecular complexity index is 394. The first-order valence-corrected chi connectivity index (χ1v) is 7.05. The summed E-state index contributed by atoms with van der Waals surface area (Å²) in [5.74, 6) is 0. The number of nitrogens with zero attached hydrogens (tertiary/aromatic N) is 2. The Labute approximate surface area is 120 Å². The van der Waals surface area contributed by atoms with E-state index in [0.29, 0.717) is 6.54 Å². The smallest absolute Gasteiger partial charge is 0.0860 e. The van der Waals surface area contributed by atoms with E-state index in [1.165, 1.54) is 0 Å². The summed E-state index contributed by atoms with van der Waals surface area (Å²) in [5, 5.41) is 8.50. The van der Waals surface area contributed by atoms with Crippen LogP contribution in [0.5, 0.6) is 0 Å². The number of aromatic nitrogens is 2. The van der Waals surface area contributed by atoms with Crippen LogP contribution in [0, 0.1) is 12.3 Å². The molecule has 0 fully saturated rings. The van der Waals surface area contributed by atoms with Gasteiger partial charge in [-0.15, -0.1) is 11.6 Å². The van der Waals surface area contributed by atoms with E-state index in [-0.39, 0.29) is 10.8 Å². The zero-order valence-electron chi connectivity index (χ0n) is 11.8. The molecule has 0 saturated carbocycles. The predicted molar refractivity (Wildman–Crippen MR) is 78.4 cm³/mol. The molecule has 1 heterocycles. The van der Waals surface area contributed by atoms with Crippen LogP contribution in [0.15, 0.2) is 0 Å². The van der Waals surface area contributed by atoms with Gasteiger partial charge in [-0.25, -0.2) is 0 Å². The molecule has 0 saturated heterocycles. The van der Waals surface area contributed by atoms with Crippen molar-refractivity contribution in [3.8, 4) is 0 Å². The lowest BCUT2D eigenvalue weighted by Crippen LogP contribution is -2.27. The predicted octanol–water partition coefficient (Wildman–Crippen LogP) is 3.52. The number of halogens is 2. The fourth-order valence-electron chi connectivity index (χ4n) is 1.96. The van der Waals surface area contributed by atoms with E-state index in [9.17, 15) is 0 Å². The van der Waals surface area contributed by atoms with Crippen molar-refractivity contribution >= 4 is 23.2 Å². The van der Waals surface area contributed by atoms with Crippen LogP contribution >= 0.6 is 23.2 Å². The normalized spacial score (nSPS) is 13.9. The Hall–Kier alpha value is -0.250. The summed E-state index contributed by atoms with van der Waals surface area (Å²) >= 11 is 12.5. The van der Waals surface area contributed by atoms with Crippen molar-refractivity contribution in [3.05, 3.63) is 16.4 Å². The molecular formula is C13H23Cl2N3. The van der Waals surface area contributed by atoms with Gasteiger partial charge >= 0.3 is 0 Å². The lowest BCUT2D eigenvalue weighted by Gasteiger charge is -2.22. The van der Waals surface area contributed by atoms with Gasteiger partial charge in [-0.2, -0.15) is 5.10 Å². The number of hydrogen-bond donors (Lipinski definition) is 1. The SMILES string of the molecule is Cc1nn(C)c(CNCC(Cl)CC(C)(C)C)c1Cl. The average molecular weight is 292 g/mol. The number of nitrogens with one attached hydrogen (secondary N) is 1. The van der Waals surface area contributed by atoms with E-state index >= 15 is 0 Å². The second-order valence-electron chi connectivity index (χ2n) is 5.96. The van der Waals surface area contributed by atoms with Crippen molar-refractivity contribution in [2.75, 3.05) is 6.54 Å². The zero-order valence-corrected chi connectivity index (χ0v) is 13.4. The maximum Gasteiger partial charge on any atom is 0.0860 e. The molecule has 0 amide bonds. The first-order valence-electron chi connectivity index (χ1n) is 6.23. The van der Waals surface area contributed by atoms with Crippen molar-refractivity contribution in [3.63, 3.8) is 0 Å². The molecule has 104 valence electrons. The van der Waals surface area contributed by atoms with Gasteiger partial charge in [-0.1, -0.05) is 32.4 Å². The molecular weight excluding hydrogens is 269 g/mol. The molecule has 1 rings (SSSR count).